The van der Waals surface area contributed by atoms with Gasteiger partial charge in [0.05, 0.1) is 28.9 Å². The number of carbonyl (C=O) groups excluding carboxylic acids is 2. The van der Waals surface area contributed by atoms with Gasteiger partial charge in [0.2, 0.25) is 27.8 Å². The van der Waals surface area contributed by atoms with E-state index >= 15 is 0 Å². The SMILES string of the molecule is CC1(C)S[C@@H]2CC(=O)N2[C@]1(C(=O)O)C(NC(=O)Nc1cnc(Nc2ccc(S(N)(=O)=O)cc2)nc1O)c1ccc(O)cc1. The van der Waals surface area contributed by atoms with Gasteiger partial charge in [0, 0.05) is 10.4 Å². The number of carboxylic acid groups (broad SMARTS) is 1. The number of phenols is 1. The largest absolute Gasteiger partial charge is 0.508 e. The number of aliphatic carboxylic acids is 1. The molecule has 3 amide bonds. The van der Waals surface area contributed by atoms with Crippen LogP contribution in [0.4, 0.5) is 22.1 Å². The minimum Gasteiger partial charge on any atom is -0.508 e. The number of β-lactam (4-membered cyclic amide) rings is 1. The van der Waals surface area contributed by atoms with E-state index in [1.165, 1.54) is 65.2 Å². The number of anilines is 3. The lowest BCUT2D eigenvalue weighted by molar-refractivity contribution is -0.171. The number of phenolic OH excluding ortho intramolecular Hbond substituents is 1. The van der Waals surface area contributed by atoms with Crippen molar-refractivity contribution >= 4 is 57.0 Å². The third kappa shape index (κ3) is 5.26. The molecule has 0 bridgehead atoms. The van der Waals surface area contributed by atoms with Crippen molar-refractivity contribution in [2.75, 3.05) is 10.6 Å². The number of nitrogens with one attached hydrogen (secondary N) is 3. The summed E-state index contributed by atoms with van der Waals surface area (Å²) in [6.07, 6.45) is 1.27. The molecule has 1 aromatic heterocycles. The van der Waals surface area contributed by atoms with Gasteiger partial charge in [-0.1, -0.05) is 12.1 Å². The minimum absolute atomic E-state index is 0.0781. The summed E-state index contributed by atoms with van der Waals surface area (Å²) in [7, 11) is -3.88. The molecule has 0 radical (unpaired) electrons. The topological polar surface area (TPSA) is 237 Å². The number of thioether (sulfide) groups is 1. The maximum absolute atomic E-state index is 13.3. The molecule has 2 aliphatic heterocycles. The summed E-state index contributed by atoms with van der Waals surface area (Å²) in [6.45, 7) is 3.39. The van der Waals surface area contributed by atoms with Crippen molar-refractivity contribution in [2.24, 2.45) is 5.14 Å². The second-order valence-electron chi connectivity index (χ2n) is 10.4. The van der Waals surface area contributed by atoms with Gasteiger partial charge in [-0.15, -0.1) is 11.8 Å². The number of aromatic nitrogens is 2. The molecular formula is C26H27N7O8S2. The van der Waals surface area contributed by atoms with E-state index in [1.54, 1.807) is 13.8 Å². The molecule has 43 heavy (non-hydrogen) atoms. The van der Waals surface area contributed by atoms with Gasteiger partial charge in [0.15, 0.2) is 5.54 Å². The fraction of sp³-hybridized carbons (Fsp3) is 0.269. The van der Waals surface area contributed by atoms with Crippen molar-refractivity contribution in [1.82, 2.24) is 20.2 Å². The number of nitrogens with two attached hydrogens (primary N) is 1. The highest BCUT2D eigenvalue weighted by molar-refractivity contribution is 8.01. The van der Waals surface area contributed by atoms with Crippen molar-refractivity contribution in [3.63, 3.8) is 0 Å². The molecule has 17 heteroatoms. The summed E-state index contributed by atoms with van der Waals surface area (Å²) in [5.41, 5.74) is -1.41. The van der Waals surface area contributed by atoms with E-state index in [9.17, 15) is 38.1 Å². The minimum atomic E-state index is -3.88. The quantitative estimate of drug-likeness (QED) is 0.177. The Balaban J connectivity index is 1.40. The molecule has 2 saturated heterocycles. The van der Waals surface area contributed by atoms with Gasteiger partial charge < -0.3 is 36.2 Å². The van der Waals surface area contributed by atoms with Crippen molar-refractivity contribution in [2.45, 2.75) is 46.9 Å². The number of urea groups is 1. The molecule has 2 fully saturated rings. The summed E-state index contributed by atoms with van der Waals surface area (Å²) in [6, 6.07) is 8.76. The number of nitrogens with zero attached hydrogens (tertiary/aromatic N) is 3. The maximum atomic E-state index is 13.3. The van der Waals surface area contributed by atoms with Crippen LogP contribution in [0.5, 0.6) is 11.6 Å². The Morgan fingerprint density at radius 3 is 2.33 bits per heavy atom. The van der Waals surface area contributed by atoms with E-state index in [0.717, 1.165) is 6.20 Å². The number of hydrogen-bond acceptors (Lipinski definition) is 11. The van der Waals surface area contributed by atoms with Crippen molar-refractivity contribution < 1.29 is 38.1 Å². The molecule has 226 valence electrons. The molecule has 2 aliphatic rings. The van der Waals surface area contributed by atoms with Gasteiger partial charge >= 0.3 is 12.0 Å². The first-order valence-corrected chi connectivity index (χ1v) is 15.1. The van der Waals surface area contributed by atoms with Gasteiger partial charge in [0.1, 0.15) is 11.4 Å². The standard InChI is InChI=1S/C26H27N7O8S2/c1-25(2)26(22(37)38,33-18(35)11-19(33)42-25)20(13-3-7-15(34)8-4-13)31-24(39)30-17-12-28-23(32-21(17)36)29-14-5-9-16(10-6-14)43(27,40)41/h3-10,12,19-20,34H,11H2,1-2H3,(H,37,38)(H2,27,40,41)(H2,30,31,39)(H2,28,29,32,36)/t19-,20?,26+/m1/s1. The number of fused-ring (bicyclic) bond motifs is 1. The maximum Gasteiger partial charge on any atom is 0.333 e. The third-order valence-corrected chi connectivity index (χ3v) is 9.82. The van der Waals surface area contributed by atoms with Crippen LogP contribution in [0.3, 0.4) is 0 Å². The molecule has 3 heterocycles. The highest BCUT2D eigenvalue weighted by Crippen LogP contribution is 2.60. The second kappa shape index (κ2) is 10.6. The summed E-state index contributed by atoms with van der Waals surface area (Å²) in [4.78, 5) is 48.3. The van der Waals surface area contributed by atoms with Crippen LogP contribution in [-0.4, -0.2) is 72.2 Å². The summed E-state index contributed by atoms with van der Waals surface area (Å²) in [5, 5.41) is 43.5. The van der Waals surface area contributed by atoms with Crippen molar-refractivity contribution in [1.29, 1.82) is 0 Å². The molecule has 1 unspecified atom stereocenters. The number of benzene rings is 2. The van der Waals surface area contributed by atoms with Crippen LogP contribution < -0.4 is 21.1 Å². The van der Waals surface area contributed by atoms with E-state index in [4.69, 9.17) is 5.14 Å². The van der Waals surface area contributed by atoms with Crippen LogP contribution in [0, 0.1) is 0 Å². The Labute approximate surface area is 249 Å². The van der Waals surface area contributed by atoms with Crippen LogP contribution in [0.2, 0.25) is 0 Å². The number of amides is 3. The summed E-state index contributed by atoms with van der Waals surface area (Å²) in [5.74, 6) is -2.48. The monoisotopic (exact) mass is 629 g/mol. The Morgan fingerprint density at radius 2 is 1.77 bits per heavy atom. The number of aromatic hydroxyl groups is 2. The normalized spacial score (nSPS) is 21.3. The molecule has 8 N–H and O–H groups in total. The Morgan fingerprint density at radius 1 is 1.12 bits per heavy atom. The lowest BCUT2D eigenvalue weighted by Crippen LogP contribution is -2.72. The number of carboxylic acids is 1. The van der Waals surface area contributed by atoms with E-state index in [-0.39, 0.29) is 34.6 Å². The first kappa shape index (κ1) is 29.9. The smallest absolute Gasteiger partial charge is 0.333 e. The predicted molar refractivity (Wildman–Crippen MR) is 155 cm³/mol. The lowest BCUT2D eigenvalue weighted by Gasteiger charge is -2.50. The zero-order valence-electron chi connectivity index (χ0n) is 22.7. The Bertz CT molecular complexity index is 1720. The van der Waals surface area contributed by atoms with Crippen LogP contribution in [0.15, 0.2) is 59.6 Å². The zero-order valence-corrected chi connectivity index (χ0v) is 24.3. The van der Waals surface area contributed by atoms with E-state index in [0.29, 0.717) is 11.3 Å². The van der Waals surface area contributed by atoms with Crippen LogP contribution in [-0.2, 0) is 19.6 Å². The molecule has 15 nitrogen and oxygen atoms in total. The van der Waals surface area contributed by atoms with Crippen molar-refractivity contribution in [3.05, 3.63) is 60.3 Å². The third-order valence-electron chi connectivity index (χ3n) is 7.34. The molecule has 3 atom stereocenters. The lowest BCUT2D eigenvalue weighted by atomic mass is 9.73. The fourth-order valence-corrected chi connectivity index (χ4v) is 7.65. The predicted octanol–water partition coefficient (Wildman–Crippen LogP) is 2.05. The number of carbonyl (C=O) groups is 3. The van der Waals surface area contributed by atoms with E-state index in [2.05, 4.69) is 25.9 Å². The molecule has 0 spiro atoms. The highest BCUT2D eigenvalue weighted by Gasteiger charge is 2.72. The average molecular weight is 630 g/mol. The number of sulfonamides is 1. The number of hydrogen-bond donors (Lipinski definition) is 7. The molecule has 0 saturated carbocycles. The average Bonchev–Trinajstić information content (AvgIpc) is 3.11. The second-order valence-corrected chi connectivity index (χ2v) is 13.7. The van der Waals surface area contributed by atoms with Crippen LogP contribution >= 0.6 is 11.8 Å². The summed E-state index contributed by atoms with van der Waals surface area (Å²) >= 11 is 1.32. The van der Waals surface area contributed by atoms with Gasteiger partial charge in [-0.25, -0.2) is 28.1 Å². The van der Waals surface area contributed by atoms with Crippen LogP contribution in [0.25, 0.3) is 0 Å². The van der Waals surface area contributed by atoms with Gasteiger partial charge in [-0.3, -0.25) is 4.79 Å². The van der Waals surface area contributed by atoms with Gasteiger partial charge in [-0.2, -0.15) is 4.98 Å². The molecule has 2 aromatic carbocycles. The fourth-order valence-electron chi connectivity index (χ4n) is 5.36. The van der Waals surface area contributed by atoms with Gasteiger partial charge in [0.25, 0.3) is 0 Å². The first-order chi connectivity index (χ1) is 20.1. The first-order valence-electron chi connectivity index (χ1n) is 12.7. The number of primary sulfonamides is 1. The van der Waals surface area contributed by atoms with E-state index in [1.807, 2.05) is 0 Å². The van der Waals surface area contributed by atoms with Crippen molar-refractivity contribution in [3.8, 4) is 11.6 Å². The number of rotatable bonds is 8. The highest BCUT2D eigenvalue weighted by atomic mass is 32.2. The molecule has 3 aromatic rings. The van der Waals surface area contributed by atoms with E-state index < -0.39 is 49.6 Å². The molecule has 5 rings (SSSR count). The Hall–Kier alpha value is -4.61. The molecule has 0 aliphatic carbocycles. The molecular weight excluding hydrogens is 602 g/mol. The zero-order chi connectivity index (χ0) is 31.3. The Kier molecular flexibility index (Phi) is 7.35. The van der Waals surface area contributed by atoms with Crippen LogP contribution in [0.1, 0.15) is 31.9 Å². The van der Waals surface area contributed by atoms with Gasteiger partial charge in [-0.05, 0) is 55.8 Å². The summed E-state index contributed by atoms with van der Waals surface area (Å²) < 4.78 is 21.8.